The summed E-state index contributed by atoms with van der Waals surface area (Å²) >= 11 is 0. The number of nitrogens with zero attached hydrogens (tertiary/aromatic N) is 7. The summed E-state index contributed by atoms with van der Waals surface area (Å²) < 4.78 is 17.5. The number of hydrogen-bond donors (Lipinski definition) is 0. The minimum Gasteiger partial charge on any atom is -0.337 e. The molecule has 1 amide bonds. The van der Waals surface area contributed by atoms with Gasteiger partial charge >= 0.3 is 0 Å². The molecule has 4 aromatic rings. The first-order chi connectivity index (χ1) is 14.6. The number of piperidine rings is 1. The van der Waals surface area contributed by atoms with Crippen LogP contribution in [0.2, 0.25) is 0 Å². The van der Waals surface area contributed by atoms with Gasteiger partial charge in [-0.25, -0.2) is 4.39 Å². The minimum absolute atomic E-state index is 0.0143. The van der Waals surface area contributed by atoms with Crippen molar-refractivity contribution in [1.29, 1.82) is 0 Å². The number of carbonyl (C=O) groups is 1. The fraction of sp³-hybridized carbons (Fsp3) is 0.286. The molecule has 152 valence electrons. The predicted octanol–water partition coefficient (Wildman–Crippen LogP) is 2.68. The molecular weight excluding hydrogens is 385 g/mol. The van der Waals surface area contributed by atoms with E-state index in [9.17, 15) is 9.18 Å². The number of hydrogen-bond acceptors (Lipinski definition) is 5. The Morgan fingerprint density at radius 2 is 1.87 bits per heavy atom. The molecular formula is C21H20FN7O. The molecule has 0 bridgehead atoms. The van der Waals surface area contributed by atoms with E-state index in [1.54, 1.807) is 58.8 Å². The maximum Gasteiger partial charge on any atom is 0.272 e. The summed E-state index contributed by atoms with van der Waals surface area (Å²) in [6.45, 7) is 1.24. The smallest absolute Gasteiger partial charge is 0.272 e. The van der Waals surface area contributed by atoms with Crippen molar-refractivity contribution < 1.29 is 9.18 Å². The van der Waals surface area contributed by atoms with Crippen LogP contribution in [0.3, 0.4) is 0 Å². The van der Waals surface area contributed by atoms with E-state index in [0.717, 1.165) is 18.7 Å². The molecule has 1 fully saturated rings. The number of benzene rings is 1. The second-order valence-corrected chi connectivity index (χ2v) is 7.43. The molecule has 0 saturated carbocycles. The van der Waals surface area contributed by atoms with Gasteiger partial charge in [0.2, 0.25) is 0 Å². The van der Waals surface area contributed by atoms with Crippen LogP contribution in [0, 0.1) is 5.82 Å². The number of rotatable bonds is 3. The molecule has 0 unspecified atom stereocenters. The molecule has 0 radical (unpaired) electrons. The number of aryl methyl sites for hydroxylation is 1. The van der Waals surface area contributed by atoms with Crippen LogP contribution in [0.1, 0.15) is 35.1 Å². The Kier molecular flexibility index (Phi) is 4.50. The van der Waals surface area contributed by atoms with Gasteiger partial charge in [-0.15, -0.1) is 10.2 Å². The quantitative estimate of drug-likeness (QED) is 0.524. The predicted molar refractivity (Wildman–Crippen MR) is 107 cm³/mol. The monoisotopic (exact) mass is 405 g/mol. The molecule has 1 aromatic carbocycles. The highest BCUT2D eigenvalue weighted by Crippen LogP contribution is 2.28. The van der Waals surface area contributed by atoms with Gasteiger partial charge in [-0.2, -0.15) is 14.7 Å². The van der Waals surface area contributed by atoms with Gasteiger partial charge in [-0.05, 0) is 43.2 Å². The Bertz CT molecular complexity index is 1220. The maximum absolute atomic E-state index is 14.2. The van der Waals surface area contributed by atoms with E-state index in [1.807, 2.05) is 4.90 Å². The maximum atomic E-state index is 14.2. The van der Waals surface area contributed by atoms with Crippen molar-refractivity contribution in [2.24, 2.45) is 7.05 Å². The molecule has 30 heavy (non-hydrogen) atoms. The zero-order chi connectivity index (χ0) is 20.7. The van der Waals surface area contributed by atoms with Gasteiger partial charge < -0.3 is 4.90 Å². The third-order valence-electron chi connectivity index (χ3n) is 5.62. The lowest BCUT2D eigenvalue weighted by atomic mass is 9.96. The minimum atomic E-state index is -0.319. The molecule has 0 aliphatic carbocycles. The van der Waals surface area contributed by atoms with Gasteiger partial charge in [0.25, 0.3) is 5.91 Å². The lowest BCUT2D eigenvalue weighted by Crippen LogP contribution is -2.39. The van der Waals surface area contributed by atoms with E-state index in [2.05, 4.69) is 20.4 Å². The number of carbonyl (C=O) groups excluding carboxylic acids is 1. The van der Waals surface area contributed by atoms with Crippen molar-refractivity contribution in [3.8, 4) is 11.3 Å². The van der Waals surface area contributed by atoms with E-state index < -0.39 is 0 Å². The average molecular weight is 405 g/mol. The molecule has 9 heteroatoms. The zero-order valence-electron chi connectivity index (χ0n) is 16.4. The summed E-state index contributed by atoms with van der Waals surface area (Å²) in [6.07, 6.45) is 3.15. The van der Waals surface area contributed by atoms with Crippen LogP contribution in [0.25, 0.3) is 16.9 Å². The van der Waals surface area contributed by atoms with Gasteiger partial charge in [-0.1, -0.05) is 12.1 Å². The van der Waals surface area contributed by atoms with Crippen molar-refractivity contribution in [3.05, 3.63) is 66.0 Å². The SMILES string of the molecule is Cn1nccc1C(=O)N1CCC(c2nnc3ccc(-c4ccccc4F)nn23)CC1. The van der Waals surface area contributed by atoms with Crippen LogP contribution in [-0.2, 0) is 7.05 Å². The number of likely N-dealkylation sites (tertiary alicyclic amines) is 1. The molecule has 4 heterocycles. The molecule has 5 rings (SSSR count). The Hall–Kier alpha value is -3.62. The molecule has 1 aliphatic rings. The van der Waals surface area contributed by atoms with E-state index >= 15 is 0 Å². The average Bonchev–Trinajstić information content (AvgIpc) is 3.39. The van der Waals surface area contributed by atoms with Crippen LogP contribution in [-0.4, -0.2) is 53.5 Å². The molecule has 1 saturated heterocycles. The molecule has 8 nitrogen and oxygen atoms in total. The normalized spacial score (nSPS) is 15.1. The Balaban J connectivity index is 1.38. The van der Waals surface area contributed by atoms with Crippen LogP contribution in [0.5, 0.6) is 0 Å². The first kappa shape index (κ1) is 18.4. The summed E-state index contributed by atoms with van der Waals surface area (Å²) in [5, 5.41) is 17.3. The fourth-order valence-electron chi connectivity index (χ4n) is 3.96. The van der Waals surface area contributed by atoms with Crippen molar-refractivity contribution in [1.82, 2.24) is 34.5 Å². The largest absolute Gasteiger partial charge is 0.337 e. The number of aromatic nitrogens is 6. The summed E-state index contributed by atoms with van der Waals surface area (Å²) in [5.41, 5.74) is 2.18. The summed E-state index contributed by atoms with van der Waals surface area (Å²) in [4.78, 5) is 14.5. The van der Waals surface area contributed by atoms with Crippen LogP contribution >= 0.6 is 0 Å². The second kappa shape index (κ2) is 7.33. The number of halogens is 1. The standard InChI is InChI=1S/C21H20FN7O/c1-27-18(8-11-23-27)21(30)28-12-9-14(10-13-28)20-25-24-19-7-6-17(26-29(19)20)15-4-2-3-5-16(15)22/h2-8,11,14H,9-10,12-13H2,1H3. The first-order valence-corrected chi connectivity index (χ1v) is 9.86. The van der Waals surface area contributed by atoms with Crippen LogP contribution in [0.15, 0.2) is 48.7 Å². The van der Waals surface area contributed by atoms with Crippen LogP contribution < -0.4 is 0 Å². The molecule has 1 aliphatic heterocycles. The fourth-order valence-corrected chi connectivity index (χ4v) is 3.96. The van der Waals surface area contributed by atoms with E-state index in [1.165, 1.54) is 6.07 Å². The second-order valence-electron chi connectivity index (χ2n) is 7.43. The van der Waals surface area contributed by atoms with Gasteiger partial charge in [0.1, 0.15) is 11.5 Å². The molecule has 0 N–H and O–H groups in total. The van der Waals surface area contributed by atoms with E-state index in [-0.39, 0.29) is 17.6 Å². The van der Waals surface area contributed by atoms with Crippen molar-refractivity contribution in [2.45, 2.75) is 18.8 Å². The van der Waals surface area contributed by atoms with Crippen molar-refractivity contribution in [3.63, 3.8) is 0 Å². The lowest BCUT2D eigenvalue weighted by Gasteiger charge is -2.31. The van der Waals surface area contributed by atoms with Crippen LogP contribution in [0.4, 0.5) is 4.39 Å². The van der Waals surface area contributed by atoms with Crippen molar-refractivity contribution >= 4 is 11.6 Å². The lowest BCUT2D eigenvalue weighted by molar-refractivity contribution is 0.0699. The summed E-state index contributed by atoms with van der Waals surface area (Å²) in [5.74, 6) is 0.537. The number of fused-ring (bicyclic) bond motifs is 1. The topological polar surface area (TPSA) is 81.2 Å². The highest BCUT2D eigenvalue weighted by molar-refractivity contribution is 5.92. The molecule has 0 spiro atoms. The molecule has 3 aromatic heterocycles. The highest BCUT2D eigenvalue weighted by Gasteiger charge is 2.29. The summed E-state index contributed by atoms with van der Waals surface area (Å²) in [6, 6.07) is 11.8. The summed E-state index contributed by atoms with van der Waals surface area (Å²) in [7, 11) is 1.77. The van der Waals surface area contributed by atoms with Gasteiger partial charge in [0, 0.05) is 37.8 Å². The van der Waals surface area contributed by atoms with Crippen molar-refractivity contribution in [2.75, 3.05) is 13.1 Å². The van der Waals surface area contributed by atoms with E-state index in [4.69, 9.17) is 0 Å². The molecule has 0 atom stereocenters. The third kappa shape index (κ3) is 3.12. The highest BCUT2D eigenvalue weighted by atomic mass is 19.1. The first-order valence-electron chi connectivity index (χ1n) is 9.86. The third-order valence-corrected chi connectivity index (χ3v) is 5.62. The van der Waals surface area contributed by atoms with Gasteiger partial charge in [0.05, 0.1) is 5.69 Å². The Labute approximate surface area is 172 Å². The van der Waals surface area contributed by atoms with Gasteiger partial charge in [0.15, 0.2) is 11.5 Å². The van der Waals surface area contributed by atoms with Gasteiger partial charge in [-0.3, -0.25) is 9.48 Å². The Morgan fingerprint density at radius 1 is 1.07 bits per heavy atom. The number of amides is 1. The Morgan fingerprint density at radius 3 is 2.60 bits per heavy atom. The van der Waals surface area contributed by atoms with E-state index in [0.29, 0.717) is 35.7 Å². The zero-order valence-corrected chi connectivity index (χ0v) is 16.4.